The van der Waals surface area contributed by atoms with E-state index in [1.54, 1.807) is 0 Å². The van der Waals surface area contributed by atoms with Gasteiger partial charge in [-0.15, -0.1) is 24.0 Å². The first-order valence-electron chi connectivity index (χ1n) is 8.20. The molecule has 1 aromatic heterocycles. The molecule has 0 unspecified atom stereocenters. The molecule has 5 nitrogen and oxygen atoms in total. The summed E-state index contributed by atoms with van der Waals surface area (Å²) in [6, 6.07) is 4.18. The first kappa shape index (κ1) is 18.3. The molecule has 1 aromatic rings. The first-order valence-corrected chi connectivity index (χ1v) is 8.20. The number of rotatable bonds is 3. The van der Waals surface area contributed by atoms with E-state index in [0.717, 1.165) is 24.9 Å². The summed E-state index contributed by atoms with van der Waals surface area (Å²) in [6.07, 6.45) is 7.40. The highest BCUT2D eigenvalue weighted by molar-refractivity contribution is 14.0. The largest absolute Gasteiger partial charge is 0.363 e. The minimum Gasteiger partial charge on any atom is -0.363 e. The van der Waals surface area contributed by atoms with Crippen molar-refractivity contribution in [3.05, 3.63) is 23.9 Å². The number of anilines is 1. The van der Waals surface area contributed by atoms with E-state index in [1.807, 2.05) is 32.2 Å². The Labute approximate surface area is 156 Å². The lowest BCUT2D eigenvalue weighted by Crippen LogP contribution is -2.42. The fourth-order valence-corrected chi connectivity index (χ4v) is 3.53. The number of aliphatic imine (C=N–C) groups is 1. The minimum absolute atomic E-state index is 0. The van der Waals surface area contributed by atoms with Gasteiger partial charge in [0, 0.05) is 47.0 Å². The monoisotopic (exact) mass is 429 g/mol. The number of pyridine rings is 1. The van der Waals surface area contributed by atoms with Crippen molar-refractivity contribution in [3.8, 4) is 0 Å². The van der Waals surface area contributed by atoms with Crippen LogP contribution in [0.15, 0.2) is 23.3 Å². The standard InChI is InChI=1S/C17H27N5.HI/c1-18-16(22-10-8-17(13-22)6-4-7-17)20-12-14-5-9-19-15(11-14)21(2)3;/h5,9,11H,4,6-8,10,12-13H2,1-3H3,(H,18,20);1H. The summed E-state index contributed by atoms with van der Waals surface area (Å²) < 4.78 is 0. The summed E-state index contributed by atoms with van der Waals surface area (Å²) in [5.41, 5.74) is 1.84. The van der Waals surface area contributed by atoms with Crippen LogP contribution in [0.25, 0.3) is 0 Å². The van der Waals surface area contributed by atoms with Gasteiger partial charge in [0.05, 0.1) is 0 Å². The number of likely N-dealkylation sites (tertiary alicyclic amines) is 1. The SMILES string of the molecule is CN=C(NCc1ccnc(N(C)C)c1)N1CCC2(CCC2)C1.I. The third-order valence-electron chi connectivity index (χ3n) is 5.08. The molecule has 2 fully saturated rings. The molecule has 1 saturated carbocycles. The van der Waals surface area contributed by atoms with E-state index in [1.165, 1.54) is 37.8 Å². The number of halogens is 1. The van der Waals surface area contributed by atoms with Gasteiger partial charge in [0.1, 0.15) is 5.82 Å². The molecular weight excluding hydrogens is 401 g/mol. The van der Waals surface area contributed by atoms with Crippen LogP contribution in [-0.4, -0.2) is 50.1 Å². The van der Waals surface area contributed by atoms with Crippen LogP contribution in [0.3, 0.4) is 0 Å². The van der Waals surface area contributed by atoms with Crippen LogP contribution in [0.5, 0.6) is 0 Å². The van der Waals surface area contributed by atoms with Crippen LogP contribution in [0.2, 0.25) is 0 Å². The smallest absolute Gasteiger partial charge is 0.193 e. The summed E-state index contributed by atoms with van der Waals surface area (Å²) in [5.74, 6) is 2.02. The van der Waals surface area contributed by atoms with Crippen molar-refractivity contribution in [1.29, 1.82) is 0 Å². The van der Waals surface area contributed by atoms with E-state index in [2.05, 4.69) is 32.3 Å². The van der Waals surface area contributed by atoms with Gasteiger partial charge in [-0.3, -0.25) is 4.99 Å². The van der Waals surface area contributed by atoms with Crippen molar-refractivity contribution in [3.63, 3.8) is 0 Å². The zero-order valence-corrected chi connectivity index (χ0v) is 16.7. The summed E-state index contributed by atoms with van der Waals surface area (Å²) in [5, 5.41) is 3.51. The molecule has 3 rings (SSSR count). The lowest BCUT2D eigenvalue weighted by atomic mass is 9.68. The van der Waals surface area contributed by atoms with Crippen LogP contribution >= 0.6 is 24.0 Å². The molecular formula is C17H28IN5. The van der Waals surface area contributed by atoms with Gasteiger partial charge in [0.2, 0.25) is 0 Å². The van der Waals surface area contributed by atoms with Crippen molar-refractivity contribution in [2.75, 3.05) is 39.1 Å². The third kappa shape index (κ3) is 4.08. The second-order valence-electron chi connectivity index (χ2n) is 6.84. The lowest BCUT2D eigenvalue weighted by molar-refractivity contribution is 0.151. The molecule has 1 aliphatic heterocycles. The summed E-state index contributed by atoms with van der Waals surface area (Å²) in [6.45, 7) is 3.10. The maximum atomic E-state index is 4.47. The molecule has 2 heterocycles. The fourth-order valence-electron chi connectivity index (χ4n) is 3.53. The highest BCUT2D eigenvalue weighted by Gasteiger charge is 2.43. The molecule has 2 aliphatic rings. The van der Waals surface area contributed by atoms with Crippen molar-refractivity contribution in [2.45, 2.75) is 32.2 Å². The quantitative estimate of drug-likeness (QED) is 0.456. The van der Waals surface area contributed by atoms with Gasteiger partial charge >= 0.3 is 0 Å². The minimum atomic E-state index is 0. The number of nitrogens with zero attached hydrogens (tertiary/aromatic N) is 4. The molecule has 0 radical (unpaired) electrons. The lowest BCUT2D eigenvalue weighted by Gasteiger charge is -2.38. The van der Waals surface area contributed by atoms with Crippen molar-refractivity contribution in [1.82, 2.24) is 15.2 Å². The van der Waals surface area contributed by atoms with E-state index < -0.39 is 0 Å². The first-order chi connectivity index (χ1) is 10.6. The Hall–Kier alpha value is -1.05. The molecule has 1 aliphatic carbocycles. The van der Waals surface area contributed by atoms with Crippen LogP contribution in [-0.2, 0) is 6.54 Å². The molecule has 128 valence electrons. The van der Waals surface area contributed by atoms with Gasteiger partial charge < -0.3 is 15.1 Å². The van der Waals surface area contributed by atoms with Crippen LogP contribution in [0.4, 0.5) is 5.82 Å². The fraction of sp³-hybridized carbons (Fsp3) is 0.647. The summed E-state index contributed by atoms with van der Waals surface area (Å²) in [7, 11) is 5.91. The maximum absolute atomic E-state index is 4.47. The maximum Gasteiger partial charge on any atom is 0.193 e. The Kier molecular flexibility index (Phi) is 6.11. The topological polar surface area (TPSA) is 43.8 Å². The van der Waals surface area contributed by atoms with Gasteiger partial charge in [-0.2, -0.15) is 0 Å². The Bertz CT molecular complexity index is 554. The van der Waals surface area contributed by atoms with Crippen LogP contribution in [0.1, 0.15) is 31.2 Å². The highest BCUT2D eigenvalue weighted by atomic mass is 127. The van der Waals surface area contributed by atoms with Crippen LogP contribution < -0.4 is 10.2 Å². The molecule has 0 atom stereocenters. The van der Waals surface area contributed by atoms with Crippen molar-refractivity contribution in [2.24, 2.45) is 10.4 Å². The van der Waals surface area contributed by atoms with E-state index in [4.69, 9.17) is 0 Å². The third-order valence-corrected chi connectivity index (χ3v) is 5.08. The second-order valence-corrected chi connectivity index (χ2v) is 6.84. The average Bonchev–Trinajstić information content (AvgIpc) is 2.94. The predicted molar refractivity (Wildman–Crippen MR) is 107 cm³/mol. The van der Waals surface area contributed by atoms with Crippen molar-refractivity contribution < 1.29 is 0 Å². The Morgan fingerprint density at radius 2 is 2.17 bits per heavy atom. The van der Waals surface area contributed by atoms with Gasteiger partial charge in [0.25, 0.3) is 0 Å². The van der Waals surface area contributed by atoms with Gasteiger partial charge in [0.15, 0.2) is 5.96 Å². The zero-order chi connectivity index (χ0) is 15.6. The van der Waals surface area contributed by atoms with E-state index in [9.17, 15) is 0 Å². The van der Waals surface area contributed by atoms with E-state index in [-0.39, 0.29) is 24.0 Å². The van der Waals surface area contributed by atoms with Crippen LogP contribution in [0, 0.1) is 5.41 Å². The number of aromatic nitrogens is 1. The predicted octanol–water partition coefficient (Wildman–Crippen LogP) is 2.72. The number of hydrogen-bond donors (Lipinski definition) is 1. The van der Waals surface area contributed by atoms with Gasteiger partial charge in [-0.25, -0.2) is 4.98 Å². The van der Waals surface area contributed by atoms with Gasteiger partial charge in [-0.1, -0.05) is 6.42 Å². The van der Waals surface area contributed by atoms with E-state index in [0.29, 0.717) is 5.41 Å². The number of hydrogen-bond acceptors (Lipinski definition) is 3. The Morgan fingerprint density at radius 3 is 2.74 bits per heavy atom. The summed E-state index contributed by atoms with van der Waals surface area (Å²) in [4.78, 5) is 13.3. The molecule has 0 bridgehead atoms. The molecule has 0 aromatic carbocycles. The highest BCUT2D eigenvalue weighted by Crippen LogP contribution is 2.47. The Balaban J connectivity index is 0.00000192. The Morgan fingerprint density at radius 1 is 1.39 bits per heavy atom. The molecule has 0 amide bonds. The van der Waals surface area contributed by atoms with Gasteiger partial charge in [-0.05, 0) is 42.4 Å². The molecule has 23 heavy (non-hydrogen) atoms. The normalized spacial score (nSPS) is 19.3. The second kappa shape index (κ2) is 7.68. The molecule has 1 saturated heterocycles. The zero-order valence-electron chi connectivity index (χ0n) is 14.4. The molecule has 1 N–H and O–H groups in total. The number of guanidine groups is 1. The molecule has 6 heteroatoms. The molecule has 1 spiro atoms. The summed E-state index contributed by atoms with van der Waals surface area (Å²) >= 11 is 0. The number of nitrogens with one attached hydrogen (secondary N) is 1. The van der Waals surface area contributed by atoms with E-state index >= 15 is 0 Å². The van der Waals surface area contributed by atoms with Crippen molar-refractivity contribution >= 4 is 35.8 Å². The average molecular weight is 429 g/mol.